The molecule has 0 spiro atoms. The normalized spacial score (nSPS) is 14.1. The van der Waals surface area contributed by atoms with Crippen molar-refractivity contribution >= 4 is 12.6 Å². The third-order valence-corrected chi connectivity index (χ3v) is 0.504. The number of rotatable bonds is 3. The van der Waals surface area contributed by atoms with Crippen molar-refractivity contribution < 1.29 is 4.84 Å². The first-order valence-corrected chi connectivity index (χ1v) is 2.84. The molecule has 0 amide bonds. The molecule has 2 nitrogen and oxygen atoms in total. The van der Waals surface area contributed by atoms with Crippen molar-refractivity contribution in [3.63, 3.8) is 0 Å². The third kappa shape index (κ3) is 6.27. The summed E-state index contributed by atoms with van der Waals surface area (Å²) in [6, 6.07) is 0. The Kier molecular flexibility index (Phi) is 4.60. The second kappa shape index (κ2) is 4.43. The molecule has 0 rings (SSSR count). The maximum Gasteiger partial charge on any atom is 0.0717 e. The Morgan fingerprint density at radius 1 is 1.86 bits per heavy atom. The SMILES string of the molecule is CCONC(C)S. The van der Waals surface area contributed by atoms with E-state index in [0.29, 0.717) is 6.61 Å². The summed E-state index contributed by atoms with van der Waals surface area (Å²) in [4.78, 5) is 4.77. The van der Waals surface area contributed by atoms with Gasteiger partial charge in [-0.15, -0.1) is 0 Å². The molecular formula is C4H11NOS. The third-order valence-electron chi connectivity index (χ3n) is 0.398. The van der Waals surface area contributed by atoms with Crippen LogP contribution in [-0.4, -0.2) is 12.0 Å². The molecule has 1 atom stereocenters. The Labute approximate surface area is 49.6 Å². The molecule has 0 aromatic carbocycles. The molecule has 0 aliphatic heterocycles. The van der Waals surface area contributed by atoms with Crippen molar-refractivity contribution in [2.75, 3.05) is 6.61 Å². The summed E-state index contributed by atoms with van der Waals surface area (Å²) < 4.78 is 0. The van der Waals surface area contributed by atoms with Gasteiger partial charge >= 0.3 is 0 Å². The summed E-state index contributed by atoms with van der Waals surface area (Å²) in [7, 11) is 0. The van der Waals surface area contributed by atoms with Gasteiger partial charge in [0.15, 0.2) is 0 Å². The van der Waals surface area contributed by atoms with Crippen LogP contribution in [0.15, 0.2) is 0 Å². The molecular weight excluding hydrogens is 110 g/mol. The van der Waals surface area contributed by atoms with Gasteiger partial charge in [-0.1, -0.05) is 0 Å². The van der Waals surface area contributed by atoms with Crippen molar-refractivity contribution in [1.82, 2.24) is 5.48 Å². The van der Waals surface area contributed by atoms with Gasteiger partial charge in [-0.3, -0.25) is 0 Å². The molecule has 0 aromatic heterocycles. The lowest BCUT2D eigenvalue weighted by Crippen LogP contribution is -2.20. The molecule has 0 saturated carbocycles. The standard InChI is InChI=1S/C4H11NOS/c1-3-6-5-4(2)7/h4-5,7H,3H2,1-2H3. The second-order valence-corrected chi connectivity index (χ2v) is 2.00. The predicted molar refractivity (Wildman–Crippen MR) is 33.2 cm³/mol. The zero-order valence-corrected chi connectivity index (χ0v) is 5.53. The van der Waals surface area contributed by atoms with E-state index in [1.165, 1.54) is 0 Å². The fraction of sp³-hybridized carbons (Fsp3) is 1.00. The minimum Gasteiger partial charge on any atom is -0.301 e. The van der Waals surface area contributed by atoms with Gasteiger partial charge in [0.05, 0.1) is 12.0 Å². The lowest BCUT2D eigenvalue weighted by atomic mass is 10.8. The fourth-order valence-corrected chi connectivity index (χ4v) is 0.278. The van der Waals surface area contributed by atoms with E-state index < -0.39 is 0 Å². The van der Waals surface area contributed by atoms with E-state index in [4.69, 9.17) is 4.84 Å². The Hall–Kier alpha value is 0.270. The first-order chi connectivity index (χ1) is 3.27. The van der Waals surface area contributed by atoms with Gasteiger partial charge < -0.3 is 4.84 Å². The zero-order chi connectivity index (χ0) is 5.70. The molecule has 0 aliphatic rings. The summed E-state index contributed by atoms with van der Waals surface area (Å²) in [6.45, 7) is 4.51. The number of thiol groups is 1. The average molecular weight is 121 g/mol. The van der Waals surface area contributed by atoms with E-state index in [1.807, 2.05) is 13.8 Å². The Morgan fingerprint density at radius 3 is 2.57 bits per heavy atom. The van der Waals surface area contributed by atoms with Crippen LogP contribution in [0.3, 0.4) is 0 Å². The largest absolute Gasteiger partial charge is 0.301 e. The van der Waals surface area contributed by atoms with E-state index in [-0.39, 0.29) is 5.37 Å². The van der Waals surface area contributed by atoms with Gasteiger partial charge in [0.25, 0.3) is 0 Å². The number of hydrogen-bond acceptors (Lipinski definition) is 3. The van der Waals surface area contributed by atoms with Crippen molar-refractivity contribution in [1.29, 1.82) is 0 Å². The molecule has 0 radical (unpaired) electrons. The highest BCUT2D eigenvalue weighted by molar-refractivity contribution is 7.80. The van der Waals surface area contributed by atoms with Crippen molar-refractivity contribution in [2.45, 2.75) is 19.2 Å². The number of hydroxylamine groups is 1. The lowest BCUT2D eigenvalue weighted by molar-refractivity contribution is 0.0479. The van der Waals surface area contributed by atoms with Crippen LogP contribution in [0, 0.1) is 0 Å². The number of nitrogens with one attached hydrogen (secondary N) is 1. The molecule has 0 bridgehead atoms. The van der Waals surface area contributed by atoms with Crippen LogP contribution in [-0.2, 0) is 4.84 Å². The maximum atomic E-state index is 4.77. The van der Waals surface area contributed by atoms with Crippen LogP contribution in [0.4, 0.5) is 0 Å². The van der Waals surface area contributed by atoms with E-state index in [1.54, 1.807) is 0 Å². The summed E-state index contributed by atoms with van der Waals surface area (Å²) in [5, 5.41) is 0.125. The highest BCUT2D eigenvalue weighted by Crippen LogP contribution is 1.83. The van der Waals surface area contributed by atoms with Gasteiger partial charge in [-0.2, -0.15) is 18.1 Å². The molecule has 0 aliphatic carbocycles. The van der Waals surface area contributed by atoms with Gasteiger partial charge in [0.1, 0.15) is 0 Å². The van der Waals surface area contributed by atoms with Gasteiger partial charge in [0, 0.05) is 0 Å². The molecule has 44 valence electrons. The average Bonchev–Trinajstić information content (AvgIpc) is 1.61. The lowest BCUT2D eigenvalue weighted by Gasteiger charge is -2.03. The van der Waals surface area contributed by atoms with Crippen LogP contribution >= 0.6 is 12.6 Å². The van der Waals surface area contributed by atoms with Gasteiger partial charge in [0.2, 0.25) is 0 Å². The first-order valence-electron chi connectivity index (χ1n) is 2.32. The molecule has 0 aromatic rings. The van der Waals surface area contributed by atoms with E-state index in [0.717, 1.165) is 0 Å². The minimum absolute atomic E-state index is 0.125. The summed E-state index contributed by atoms with van der Waals surface area (Å²) in [5.74, 6) is 0. The second-order valence-electron chi connectivity index (χ2n) is 1.23. The number of hydrogen-bond donors (Lipinski definition) is 2. The molecule has 3 heteroatoms. The minimum atomic E-state index is 0.125. The van der Waals surface area contributed by atoms with Gasteiger partial charge in [-0.25, -0.2) is 0 Å². The maximum absolute atomic E-state index is 4.77. The molecule has 1 N–H and O–H groups in total. The molecule has 0 saturated heterocycles. The quantitative estimate of drug-likeness (QED) is 0.327. The highest BCUT2D eigenvalue weighted by Gasteiger charge is 1.86. The van der Waals surface area contributed by atoms with Crippen molar-refractivity contribution in [3.8, 4) is 0 Å². The van der Waals surface area contributed by atoms with Crippen LogP contribution in [0.1, 0.15) is 13.8 Å². The predicted octanol–water partition coefficient (Wildman–Crippen LogP) is 0.803. The molecule has 0 heterocycles. The van der Waals surface area contributed by atoms with E-state index >= 15 is 0 Å². The molecule has 1 unspecified atom stereocenters. The van der Waals surface area contributed by atoms with Crippen LogP contribution < -0.4 is 5.48 Å². The fourth-order valence-electron chi connectivity index (χ4n) is 0.204. The topological polar surface area (TPSA) is 21.3 Å². The molecule has 7 heavy (non-hydrogen) atoms. The Morgan fingerprint density at radius 2 is 2.43 bits per heavy atom. The summed E-state index contributed by atoms with van der Waals surface area (Å²) >= 11 is 4.00. The Bertz CT molecular complexity index is 40.7. The highest BCUT2D eigenvalue weighted by atomic mass is 32.1. The van der Waals surface area contributed by atoms with E-state index in [2.05, 4.69) is 18.1 Å². The smallest absolute Gasteiger partial charge is 0.0717 e. The van der Waals surface area contributed by atoms with Gasteiger partial charge in [-0.05, 0) is 13.8 Å². The van der Waals surface area contributed by atoms with Crippen LogP contribution in [0.2, 0.25) is 0 Å². The first kappa shape index (κ1) is 7.27. The Balaban J connectivity index is 2.68. The van der Waals surface area contributed by atoms with Crippen molar-refractivity contribution in [3.05, 3.63) is 0 Å². The molecule has 0 fully saturated rings. The van der Waals surface area contributed by atoms with Crippen LogP contribution in [0.25, 0.3) is 0 Å². The summed E-state index contributed by atoms with van der Waals surface area (Å²) in [6.07, 6.45) is 0. The van der Waals surface area contributed by atoms with E-state index in [9.17, 15) is 0 Å². The van der Waals surface area contributed by atoms with Crippen LogP contribution in [0.5, 0.6) is 0 Å². The van der Waals surface area contributed by atoms with Crippen molar-refractivity contribution in [2.24, 2.45) is 0 Å². The monoisotopic (exact) mass is 121 g/mol. The zero-order valence-electron chi connectivity index (χ0n) is 4.64. The summed E-state index contributed by atoms with van der Waals surface area (Å²) in [5.41, 5.74) is 2.66.